The Morgan fingerprint density at radius 3 is 2.55 bits per heavy atom. The molecule has 2 aromatic carbocycles. The predicted molar refractivity (Wildman–Crippen MR) is 89.6 cm³/mol. The maximum absolute atomic E-state index is 12.2. The summed E-state index contributed by atoms with van der Waals surface area (Å²) in [5.41, 5.74) is 1.79. The number of aliphatic hydroxyl groups excluding tert-OH is 1. The van der Waals surface area contributed by atoms with Crippen LogP contribution in [0.25, 0.3) is 0 Å². The summed E-state index contributed by atoms with van der Waals surface area (Å²) in [6, 6.07) is 15.5. The fourth-order valence-electron chi connectivity index (χ4n) is 2.72. The van der Waals surface area contributed by atoms with Crippen molar-refractivity contribution in [3.05, 3.63) is 64.1 Å². The molecule has 3 nitrogen and oxygen atoms in total. The van der Waals surface area contributed by atoms with Crippen LogP contribution >= 0.6 is 27.7 Å². The number of aliphatic hydroxyl groups is 1. The first-order chi connectivity index (χ1) is 10.6. The first-order valence-electron chi connectivity index (χ1n) is 6.88. The van der Waals surface area contributed by atoms with Gasteiger partial charge in [0.05, 0.1) is 18.5 Å². The van der Waals surface area contributed by atoms with Crippen LogP contribution in [0.5, 0.6) is 0 Å². The number of esters is 1. The molecule has 0 aliphatic carbocycles. The second kappa shape index (κ2) is 6.44. The molecule has 1 heterocycles. The van der Waals surface area contributed by atoms with Gasteiger partial charge in [0, 0.05) is 9.37 Å². The Hall–Kier alpha value is -1.30. The number of carbonyl (C=O) groups is 1. The average molecular weight is 379 g/mol. The molecular formula is C17H15BrO3S. The zero-order valence-corrected chi connectivity index (χ0v) is 14.3. The molecule has 2 aromatic rings. The van der Waals surface area contributed by atoms with Gasteiger partial charge < -0.3 is 9.84 Å². The van der Waals surface area contributed by atoms with E-state index in [0.29, 0.717) is 0 Å². The molecule has 0 bridgehead atoms. The number of halogens is 1. The maximum atomic E-state index is 12.2. The molecule has 1 N–H and O–H groups in total. The van der Waals surface area contributed by atoms with Crippen molar-refractivity contribution in [2.24, 2.45) is 5.92 Å². The van der Waals surface area contributed by atoms with Crippen LogP contribution in [0.2, 0.25) is 0 Å². The monoisotopic (exact) mass is 378 g/mol. The summed E-state index contributed by atoms with van der Waals surface area (Å²) < 4.78 is 5.91. The molecule has 0 saturated heterocycles. The fraction of sp³-hybridized carbons (Fsp3) is 0.235. The molecule has 0 radical (unpaired) electrons. The Labute approximate surface area is 141 Å². The SMILES string of the molecule is COC(=O)[C@H]1[C@H](O)c2ccccc2S[C@H]1c1ccc(Br)cc1. The lowest BCUT2D eigenvalue weighted by molar-refractivity contribution is -0.150. The van der Waals surface area contributed by atoms with Gasteiger partial charge in [-0.15, -0.1) is 11.8 Å². The number of rotatable bonds is 2. The van der Waals surface area contributed by atoms with Gasteiger partial charge in [-0.2, -0.15) is 0 Å². The van der Waals surface area contributed by atoms with Crippen LogP contribution in [-0.4, -0.2) is 18.2 Å². The summed E-state index contributed by atoms with van der Waals surface area (Å²) in [4.78, 5) is 13.2. The van der Waals surface area contributed by atoms with Crippen LogP contribution in [0.15, 0.2) is 57.9 Å². The predicted octanol–water partition coefficient (Wildman–Crippen LogP) is 4.12. The summed E-state index contributed by atoms with van der Waals surface area (Å²) in [6.45, 7) is 0. The zero-order valence-electron chi connectivity index (χ0n) is 11.9. The maximum Gasteiger partial charge on any atom is 0.313 e. The first kappa shape index (κ1) is 15.6. The van der Waals surface area contributed by atoms with Crippen molar-refractivity contribution in [3.63, 3.8) is 0 Å². The number of benzene rings is 2. The van der Waals surface area contributed by atoms with Crippen LogP contribution in [0, 0.1) is 5.92 Å². The van der Waals surface area contributed by atoms with E-state index in [1.165, 1.54) is 7.11 Å². The van der Waals surface area contributed by atoms with E-state index < -0.39 is 12.0 Å². The van der Waals surface area contributed by atoms with Crippen molar-refractivity contribution in [1.82, 2.24) is 0 Å². The third-order valence-corrected chi connectivity index (χ3v) is 5.80. The molecule has 0 aromatic heterocycles. The molecule has 0 saturated carbocycles. The fourth-order valence-corrected chi connectivity index (χ4v) is 4.44. The Morgan fingerprint density at radius 2 is 1.86 bits per heavy atom. The third-order valence-electron chi connectivity index (χ3n) is 3.83. The van der Waals surface area contributed by atoms with E-state index >= 15 is 0 Å². The van der Waals surface area contributed by atoms with Crippen molar-refractivity contribution in [1.29, 1.82) is 0 Å². The van der Waals surface area contributed by atoms with E-state index in [9.17, 15) is 9.90 Å². The Kier molecular flexibility index (Phi) is 4.57. The van der Waals surface area contributed by atoms with Crippen LogP contribution in [0.3, 0.4) is 0 Å². The second-order valence-electron chi connectivity index (χ2n) is 5.12. The van der Waals surface area contributed by atoms with Gasteiger partial charge in [-0.3, -0.25) is 4.79 Å². The van der Waals surface area contributed by atoms with Gasteiger partial charge in [0.25, 0.3) is 0 Å². The molecule has 0 spiro atoms. The number of hydrogen-bond acceptors (Lipinski definition) is 4. The minimum Gasteiger partial charge on any atom is -0.469 e. The zero-order chi connectivity index (χ0) is 15.7. The van der Waals surface area contributed by atoms with Gasteiger partial charge in [-0.25, -0.2) is 0 Å². The normalized spacial score (nSPS) is 23.7. The number of thioether (sulfide) groups is 1. The number of hydrogen-bond donors (Lipinski definition) is 1. The lowest BCUT2D eigenvalue weighted by Gasteiger charge is -2.35. The molecule has 0 unspecified atom stereocenters. The molecule has 3 rings (SSSR count). The van der Waals surface area contributed by atoms with E-state index in [2.05, 4.69) is 15.9 Å². The Bertz CT molecular complexity index is 687. The topological polar surface area (TPSA) is 46.5 Å². The van der Waals surface area contributed by atoms with Crippen LogP contribution in [0.4, 0.5) is 0 Å². The van der Waals surface area contributed by atoms with Gasteiger partial charge in [0.1, 0.15) is 5.92 Å². The first-order valence-corrected chi connectivity index (χ1v) is 8.56. The van der Waals surface area contributed by atoms with Gasteiger partial charge in [-0.1, -0.05) is 46.3 Å². The average Bonchev–Trinajstić information content (AvgIpc) is 2.55. The van der Waals surface area contributed by atoms with E-state index in [-0.39, 0.29) is 11.2 Å². The molecule has 5 heteroatoms. The number of ether oxygens (including phenoxy) is 1. The lowest BCUT2D eigenvalue weighted by Crippen LogP contribution is -2.31. The minimum absolute atomic E-state index is 0.176. The molecule has 0 amide bonds. The highest BCUT2D eigenvalue weighted by atomic mass is 79.9. The number of fused-ring (bicyclic) bond motifs is 1. The van der Waals surface area contributed by atoms with Crippen molar-refractivity contribution in [2.45, 2.75) is 16.2 Å². The van der Waals surface area contributed by atoms with E-state index in [4.69, 9.17) is 4.74 Å². The minimum atomic E-state index is -0.862. The summed E-state index contributed by atoms with van der Waals surface area (Å²) in [6.07, 6.45) is -0.862. The Morgan fingerprint density at radius 1 is 1.18 bits per heavy atom. The molecule has 22 heavy (non-hydrogen) atoms. The molecule has 1 aliphatic heterocycles. The third kappa shape index (κ3) is 2.81. The quantitative estimate of drug-likeness (QED) is 0.798. The molecule has 0 fully saturated rings. The lowest BCUT2D eigenvalue weighted by atomic mass is 9.88. The standard InChI is InChI=1S/C17H15BrO3S/c1-21-17(20)14-15(19)12-4-2-3-5-13(12)22-16(14)10-6-8-11(18)9-7-10/h2-9,14-16,19H,1H3/t14-,15+,16-/m0/s1. The highest BCUT2D eigenvalue weighted by Gasteiger charge is 2.42. The molecular weight excluding hydrogens is 364 g/mol. The summed E-state index contributed by atoms with van der Waals surface area (Å²) in [5.74, 6) is -1.01. The molecule has 114 valence electrons. The van der Waals surface area contributed by atoms with E-state index in [0.717, 1.165) is 20.5 Å². The van der Waals surface area contributed by atoms with Gasteiger partial charge >= 0.3 is 5.97 Å². The van der Waals surface area contributed by atoms with Crippen molar-refractivity contribution in [2.75, 3.05) is 7.11 Å². The van der Waals surface area contributed by atoms with Gasteiger partial charge in [-0.05, 0) is 29.3 Å². The molecule has 1 aliphatic rings. The largest absolute Gasteiger partial charge is 0.469 e. The summed E-state index contributed by atoms with van der Waals surface area (Å²) in [7, 11) is 1.36. The van der Waals surface area contributed by atoms with Crippen molar-refractivity contribution in [3.8, 4) is 0 Å². The van der Waals surface area contributed by atoms with Crippen LogP contribution < -0.4 is 0 Å². The Balaban J connectivity index is 2.06. The smallest absolute Gasteiger partial charge is 0.313 e. The summed E-state index contributed by atoms with van der Waals surface area (Å²) >= 11 is 5.01. The highest BCUT2D eigenvalue weighted by Crippen LogP contribution is 2.52. The molecule has 3 atom stereocenters. The summed E-state index contributed by atoms with van der Waals surface area (Å²) in [5, 5.41) is 10.5. The van der Waals surface area contributed by atoms with Gasteiger partial charge in [0.15, 0.2) is 0 Å². The van der Waals surface area contributed by atoms with Crippen molar-refractivity contribution >= 4 is 33.7 Å². The number of methoxy groups -OCH3 is 1. The van der Waals surface area contributed by atoms with Crippen molar-refractivity contribution < 1.29 is 14.6 Å². The van der Waals surface area contributed by atoms with Crippen LogP contribution in [-0.2, 0) is 9.53 Å². The highest BCUT2D eigenvalue weighted by molar-refractivity contribution is 9.10. The van der Waals surface area contributed by atoms with Gasteiger partial charge in [0.2, 0.25) is 0 Å². The number of carbonyl (C=O) groups excluding carboxylic acids is 1. The van der Waals surface area contributed by atoms with E-state index in [1.807, 2.05) is 48.5 Å². The van der Waals surface area contributed by atoms with Crippen LogP contribution in [0.1, 0.15) is 22.5 Å². The van der Waals surface area contributed by atoms with E-state index in [1.54, 1.807) is 11.8 Å². The second-order valence-corrected chi connectivity index (χ2v) is 7.22.